The van der Waals surface area contributed by atoms with Crippen molar-refractivity contribution in [3.63, 3.8) is 0 Å². The second-order valence-electron chi connectivity index (χ2n) is 6.61. The van der Waals surface area contributed by atoms with Crippen molar-refractivity contribution in [1.29, 1.82) is 0 Å². The van der Waals surface area contributed by atoms with Gasteiger partial charge in [0.2, 0.25) is 0 Å². The van der Waals surface area contributed by atoms with E-state index < -0.39 is 29.2 Å². The van der Waals surface area contributed by atoms with Crippen LogP contribution >= 0.6 is 0 Å². The number of hydrogen-bond donors (Lipinski definition) is 1. The molecule has 0 unspecified atom stereocenters. The fourth-order valence-electron chi connectivity index (χ4n) is 2.94. The van der Waals surface area contributed by atoms with Gasteiger partial charge in [0.05, 0.1) is 41.4 Å². The first-order valence-electron chi connectivity index (χ1n) is 8.90. The molecule has 31 heavy (non-hydrogen) atoms. The Balaban J connectivity index is 1.59. The first-order chi connectivity index (χ1) is 14.7. The highest BCUT2D eigenvalue weighted by atomic mass is 19.4. The lowest BCUT2D eigenvalue weighted by Gasteiger charge is -2.12. The molecule has 0 saturated heterocycles. The highest BCUT2D eigenvalue weighted by Crippen LogP contribution is 2.34. The van der Waals surface area contributed by atoms with Crippen molar-refractivity contribution in [1.82, 2.24) is 24.5 Å². The van der Waals surface area contributed by atoms with Crippen molar-refractivity contribution in [2.75, 3.05) is 5.32 Å². The van der Waals surface area contributed by atoms with Crippen molar-refractivity contribution in [2.45, 2.75) is 6.18 Å². The summed E-state index contributed by atoms with van der Waals surface area (Å²) in [5.74, 6) is -2.32. The molecule has 4 rings (SSSR count). The van der Waals surface area contributed by atoms with Crippen LogP contribution in [-0.4, -0.2) is 30.5 Å². The standard InChI is InChI=1S/C20H14F4N6O/c1-29-11-25-9-17(29)16-10-30(28-27-16)13-5-2-4-12(8-13)19(31)26-15-7-3-6-14(18(15)21)20(22,23)24/h2-11H,1H3,(H,26,31). The lowest BCUT2D eigenvalue weighted by atomic mass is 10.1. The Bertz CT molecular complexity index is 1260. The Morgan fingerprint density at radius 2 is 1.90 bits per heavy atom. The highest BCUT2D eigenvalue weighted by Gasteiger charge is 2.35. The van der Waals surface area contributed by atoms with Gasteiger partial charge in [-0.2, -0.15) is 13.2 Å². The van der Waals surface area contributed by atoms with Crippen molar-refractivity contribution < 1.29 is 22.4 Å². The van der Waals surface area contributed by atoms with Gasteiger partial charge in [-0.05, 0) is 30.3 Å². The molecule has 7 nitrogen and oxygen atoms in total. The number of anilines is 1. The lowest BCUT2D eigenvalue weighted by molar-refractivity contribution is -0.139. The maximum Gasteiger partial charge on any atom is 0.419 e. The van der Waals surface area contributed by atoms with Crippen LogP contribution < -0.4 is 5.32 Å². The molecule has 158 valence electrons. The molecule has 11 heteroatoms. The van der Waals surface area contributed by atoms with Gasteiger partial charge in [-0.25, -0.2) is 14.1 Å². The van der Waals surface area contributed by atoms with E-state index in [9.17, 15) is 22.4 Å². The molecule has 0 saturated carbocycles. The molecule has 4 aromatic rings. The average molecular weight is 430 g/mol. The summed E-state index contributed by atoms with van der Waals surface area (Å²) < 4.78 is 56.0. The van der Waals surface area contributed by atoms with E-state index in [1.807, 2.05) is 0 Å². The molecule has 2 heterocycles. The van der Waals surface area contributed by atoms with E-state index in [1.54, 1.807) is 42.5 Å². The SMILES string of the molecule is Cn1cncc1-c1cn(-c2cccc(C(=O)Nc3cccc(C(F)(F)F)c3F)c2)nn1. The van der Waals surface area contributed by atoms with Crippen molar-refractivity contribution in [3.05, 3.63) is 78.1 Å². The molecule has 1 N–H and O–H groups in total. The number of hydrogen-bond acceptors (Lipinski definition) is 4. The molecule has 0 atom stereocenters. The quantitative estimate of drug-likeness (QED) is 0.495. The van der Waals surface area contributed by atoms with Gasteiger partial charge >= 0.3 is 6.18 Å². The zero-order valence-electron chi connectivity index (χ0n) is 15.9. The molecule has 0 radical (unpaired) electrons. The Hall–Kier alpha value is -4.02. The summed E-state index contributed by atoms with van der Waals surface area (Å²) in [6, 6.07) is 8.83. The first-order valence-corrected chi connectivity index (χ1v) is 8.90. The minimum absolute atomic E-state index is 0.104. The monoisotopic (exact) mass is 430 g/mol. The number of carbonyl (C=O) groups is 1. The van der Waals surface area contributed by atoms with E-state index in [1.165, 1.54) is 16.8 Å². The summed E-state index contributed by atoms with van der Waals surface area (Å²) in [5.41, 5.74) is -0.139. The smallest absolute Gasteiger partial charge is 0.332 e. The van der Waals surface area contributed by atoms with Crippen molar-refractivity contribution in [2.24, 2.45) is 7.05 Å². The number of nitrogens with zero attached hydrogens (tertiary/aromatic N) is 5. The number of benzene rings is 2. The normalized spacial score (nSPS) is 11.5. The van der Waals surface area contributed by atoms with Crippen LogP contribution in [0.1, 0.15) is 15.9 Å². The van der Waals surface area contributed by atoms with E-state index in [-0.39, 0.29) is 5.56 Å². The zero-order valence-corrected chi connectivity index (χ0v) is 15.9. The molecule has 0 aliphatic carbocycles. The van der Waals surface area contributed by atoms with Crippen LogP contribution in [0.15, 0.2) is 61.2 Å². The maximum absolute atomic E-state index is 14.2. The van der Waals surface area contributed by atoms with Gasteiger partial charge in [-0.1, -0.05) is 17.3 Å². The summed E-state index contributed by atoms with van der Waals surface area (Å²) in [4.78, 5) is 16.5. The third-order valence-corrected chi connectivity index (χ3v) is 4.50. The number of aromatic nitrogens is 5. The maximum atomic E-state index is 14.2. The van der Waals surface area contributed by atoms with Gasteiger partial charge < -0.3 is 9.88 Å². The molecule has 0 aliphatic rings. The van der Waals surface area contributed by atoms with Crippen LogP contribution in [0.4, 0.5) is 23.2 Å². The first kappa shape index (κ1) is 20.3. The molecule has 0 aliphatic heterocycles. The Morgan fingerprint density at radius 1 is 1.13 bits per heavy atom. The Morgan fingerprint density at radius 3 is 2.61 bits per heavy atom. The number of carbonyl (C=O) groups excluding carboxylic acids is 1. The minimum atomic E-state index is -4.87. The zero-order chi connectivity index (χ0) is 22.2. The Kier molecular flexibility index (Phi) is 5.01. The van der Waals surface area contributed by atoms with Crippen LogP contribution in [0.2, 0.25) is 0 Å². The van der Waals surface area contributed by atoms with Crippen LogP contribution in [0.5, 0.6) is 0 Å². The van der Waals surface area contributed by atoms with Crippen LogP contribution in [-0.2, 0) is 13.2 Å². The van der Waals surface area contributed by atoms with Gasteiger partial charge in [-0.15, -0.1) is 5.10 Å². The van der Waals surface area contributed by atoms with Crippen LogP contribution in [0.3, 0.4) is 0 Å². The second-order valence-corrected chi connectivity index (χ2v) is 6.61. The third-order valence-electron chi connectivity index (χ3n) is 4.50. The predicted molar refractivity (Wildman–Crippen MR) is 103 cm³/mol. The predicted octanol–water partition coefficient (Wildman–Crippen LogP) is 4.08. The largest absolute Gasteiger partial charge is 0.419 e. The van der Waals surface area contributed by atoms with Gasteiger partial charge in [-0.3, -0.25) is 4.79 Å². The van der Waals surface area contributed by atoms with Gasteiger partial charge in [0.25, 0.3) is 5.91 Å². The molecule has 2 aromatic carbocycles. The van der Waals surface area contributed by atoms with E-state index in [0.717, 1.165) is 17.8 Å². The lowest BCUT2D eigenvalue weighted by Crippen LogP contribution is -2.16. The molecule has 0 spiro atoms. The number of halogens is 4. The highest BCUT2D eigenvalue weighted by molar-refractivity contribution is 6.04. The van der Waals surface area contributed by atoms with E-state index in [4.69, 9.17) is 0 Å². The number of nitrogens with one attached hydrogen (secondary N) is 1. The van der Waals surface area contributed by atoms with Crippen molar-refractivity contribution in [3.8, 4) is 17.1 Å². The summed E-state index contributed by atoms with van der Waals surface area (Å²) in [6.45, 7) is 0. The molecule has 0 bridgehead atoms. The second kappa shape index (κ2) is 7.67. The Labute approximate surface area is 173 Å². The van der Waals surface area contributed by atoms with Gasteiger partial charge in [0.1, 0.15) is 5.69 Å². The fourth-order valence-corrected chi connectivity index (χ4v) is 2.94. The average Bonchev–Trinajstić information content (AvgIpc) is 3.37. The molecular weight excluding hydrogens is 416 g/mol. The van der Waals surface area contributed by atoms with Crippen molar-refractivity contribution >= 4 is 11.6 Å². The third kappa shape index (κ3) is 4.02. The topological polar surface area (TPSA) is 77.6 Å². The molecular formula is C20H14F4N6O. The number of imidazole rings is 1. The summed E-state index contributed by atoms with van der Waals surface area (Å²) in [6.07, 6.45) is 0.0119. The number of alkyl halides is 3. The minimum Gasteiger partial charge on any atom is -0.332 e. The number of rotatable bonds is 4. The molecule has 0 fully saturated rings. The number of aryl methyl sites for hydroxylation is 1. The summed E-state index contributed by atoms with van der Waals surface area (Å²) in [7, 11) is 1.80. The van der Waals surface area contributed by atoms with Gasteiger partial charge in [0, 0.05) is 12.6 Å². The fraction of sp³-hybridized carbons (Fsp3) is 0.100. The van der Waals surface area contributed by atoms with E-state index in [0.29, 0.717) is 17.4 Å². The van der Waals surface area contributed by atoms with Gasteiger partial charge in [0.15, 0.2) is 5.82 Å². The van der Waals surface area contributed by atoms with E-state index >= 15 is 0 Å². The van der Waals surface area contributed by atoms with Crippen LogP contribution in [0.25, 0.3) is 17.1 Å². The summed E-state index contributed by atoms with van der Waals surface area (Å²) >= 11 is 0. The number of amides is 1. The summed E-state index contributed by atoms with van der Waals surface area (Å²) in [5, 5.41) is 10.3. The van der Waals surface area contributed by atoms with Crippen LogP contribution in [0, 0.1) is 5.82 Å². The van der Waals surface area contributed by atoms with E-state index in [2.05, 4.69) is 20.6 Å². The molecule has 2 aromatic heterocycles. The molecule has 1 amide bonds.